The zero-order chi connectivity index (χ0) is 23.0. The monoisotopic (exact) mass is 463 g/mol. The Morgan fingerprint density at radius 2 is 1.75 bits per heavy atom. The molecule has 3 N–H and O–H groups in total. The summed E-state index contributed by atoms with van der Waals surface area (Å²) in [5.74, 6) is -0.855. The van der Waals surface area contributed by atoms with Crippen LogP contribution in [-0.4, -0.2) is 66.9 Å². The summed E-state index contributed by atoms with van der Waals surface area (Å²) in [4.78, 5) is 24.3. The van der Waals surface area contributed by atoms with Crippen LogP contribution in [0.5, 0.6) is 0 Å². The molecule has 2 heterocycles. The topological polar surface area (TPSA) is 84.2 Å². The third kappa shape index (κ3) is 4.61. The summed E-state index contributed by atoms with van der Waals surface area (Å²) in [6.07, 6.45) is -0.992. The Morgan fingerprint density at radius 1 is 1.19 bits per heavy atom. The predicted molar refractivity (Wildman–Crippen MR) is 114 cm³/mol. The number of rotatable bonds is 4. The van der Waals surface area contributed by atoms with Crippen molar-refractivity contribution in [2.75, 3.05) is 33.2 Å². The first-order chi connectivity index (χ1) is 14.6. The van der Waals surface area contributed by atoms with Crippen LogP contribution >= 0.6 is 0 Å². The fourth-order valence-electron chi connectivity index (χ4n) is 5.34. The number of likely N-dealkylation sites (N-methyl/N-ethyl adjacent to an activating group) is 1. The molecule has 0 aromatic heterocycles. The molecule has 1 saturated carbocycles. The van der Waals surface area contributed by atoms with Crippen LogP contribution in [-0.2, 0) is 11.0 Å². The Hall–Kier alpha value is -2.20. The lowest BCUT2D eigenvalue weighted by Gasteiger charge is -2.61. The molecule has 1 aromatic rings. The Morgan fingerprint density at radius 3 is 2.22 bits per heavy atom. The van der Waals surface area contributed by atoms with Gasteiger partial charge in [0.1, 0.15) is 12.6 Å². The quantitative estimate of drug-likeness (QED) is 0.695. The van der Waals surface area contributed by atoms with E-state index in [-0.39, 0.29) is 29.8 Å². The summed E-state index contributed by atoms with van der Waals surface area (Å²) in [5, 5.41) is 3.34. The molecule has 2 aliphatic heterocycles. The van der Waals surface area contributed by atoms with Crippen molar-refractivity contribution in [2.24, 2.45) is 5.41 Å². The van der Waals surface area contributed by atoms with E-state index >= 15 is 0 Å². The van der Waals surface area contributed by atoms with E-state index in [0.29, 0.717) is 24.7 Å². The Bertz CT molecular complexity index is 820. The van der Waals surface area contributed by atoms with Gasteiger partial charge in [0.25, 0.3) is 0 Å². The SMILES string of the molecule is C=O.CCCC1(NC)CN(C(=O)N2CC3(CC(c4ccc(C(F)(F)F)cc4F)C3)C2)C1.O.[HH]. The molecule has 1 aliphatic carbocycles. The van der Waals surface area contributed by atoms with Gasteiger partial charge in [-0.3, -0.25) is 0 Å². The van der Waals surface area contributed by atoms with Gasteiger partial charge in [-0.1, -0.05) is 19.4 Å². The highest BCUT2D eigenvalue weighted by Gasteiger charge is 2.56. The highest BCUT2D eigenvalue weighted by molar-refractivity contribution is 5.77. The van der Waals surface area contributed by atoms with Crippen molar-refractivity contribution < 1.29 is 34.1 Å². The largest absolute Gasteiger partial charge is 0.416 e. The molecule has 0 atom stereocenters. The normalized spacial score (nSPS) is 20.8. The van der Waals surface area contributed by atoms with Gasteiger partial charge in [-0.15, -0.1) is 0 Å². The molecule has 32 heavy (non-hydrogen) atoms. The highest BCUT2D eigenvalue weighted by atomic mass is 19.4. The molecule has 1 spiro atoms. The number of nitrogens with zero attached hydrogens (tertiary/aromatic N) is 2. The van der Waals surface area contributed by atoms with Gasteiger partial charge in [0.15, 0.2) is 0 Å². The van der Waals surface area contributed by atoms with Crippen molar-refractivity contribution in [3.8, 4) is 0 Å². The smallest absolute Gasteiger partial charge is 0.412 e. The van der Waals surface area contributed by atoms with Crippen molar-refractivity contribution in [3.63, 3.8) is 0 Å². The second kappa shape index (κ2) is 9.35. The minimum atomic E-state index is -4.53. The van der Waals surface area contributed by atoms with Gasteiger partial charge >= 0.3 is 12.2 Å². The minimum Gasteiger partial charge on any atom is -0.412 e. The van der Waals surface area contributed by atoms with E-state index in [4.69, 9.17) is 4.79 Å². The molecule has 0 bridgehead atoms. The Balaban J connectivity index is 0.00000133. The number of alkyl halides is 3. The second-order valence-electron chi connectivity index (χ2n) is 9.11. The first-order valence-corrected chi connectivity index (χ1v) is 10.5. The van der Waals surface area contributed by atoms with Crippen molar-refractivity contribution >= 4 is 12.8 Å². The number of halogens is 4. The number of nitrogens with one attached hydrogen (secondary N) is 1. The number of urea groups is 1. The van der Waals surface area contributed by atoms with E-state index in [9.17, 15) is 22.4 Å². The van der Waals surface area contributed by atoms with Crippen LogP contribution in [0.3, 0.4) is 0 Å². The number of carbonyl (C=O) groups is 2. The first-order valence-electron chi connectivity index (χ1n) is 10.5. The summed E-state index contributed by atoms with van der Waals surface area (Å²) in [6, 6.07) is 2.86. The van der Waals surface area contributed by atoms with Gasteiger partial charge in [0.2, 0.25) is 0 Å². The van der Waals surface area contributed by atoms with E-state index in [1.165, 1.54) is 6.07 Å². The van der Waals surface area contributed by atoms with Crippen LogP contribution in [0.25, 0.3) is 0 Å². The molecule has 2 saturated heterocycles. The number of likely N-dealkylation sites (tertiary alicyclic amines) is 2. The van der Waals surface area contributed by atoms with Gasteiger partial charge < -0.3 is 25.4 Å². The number of benzene rings is 1. The molecule has 2 amide bonds. The van der Waals surface area contributed by atoms with E-state index in [1.807, 2.05) is 23.6 Å². The van der Waals surface area contributed by atoms with E-state index in [0.717, 1.165) is 44.8 Å². The van der Waals surface area contributed by atoms with Gasteiger partial charge in [-0.25, -0.2) is 9.18 Å². The fraction of sp³-hybridized carbons (Fsp3) is 0.636. The molecule has 10 heteroatoms. The number of carbonyl (C=O) groups excluding carboxylic acids is 2. The maximum absolute atomic E-state index is 14.2. The third-order valence-electron chi connectivity index (χ3n) is 6.97. The Kier molecular flexibility index (Phi) is 7.61. The van der Waals surface area contributed by atoms with Crippen LogP contribution in [0.2, 0.25) is 0 Å². The summed E-state index contributed by atoms with van der Waals surface area (Å²) in [6.45, 7) is 6.89. The Labute approximate surface area is 186 Å². The highest BCUT2D eigenvalue weighted by Crippen LogP contribution is 2.56. The van der Waals surface area contributed by atoms with Gasteiger partial charge in [0, 0.05) is 33.0 Å². The second-order valence-corrected chi connectivity index (χ2v) is 9.11. The van der Waals surface area contributed by atoms with Crippen molar-refractivity contribution in [3.05, 3.63) is 35.1 Å². The van der Waals surface area contributed by atoms with Crippen LogP contribution in [0, 0.1) is 11.2 Å². The van der Waals surface area contributed by atoms with Crippen molar-refractivity contribution in [1.82, 2.24) is 15.1 Å². The van der Waals surface area contributed by atoms with Crippen LogP contribution in [0.1, 0.15) is 51.1 Å². The van der Waals surface area contributed by atoms with Crippen LogP contribution < -0.4 is 5.32 Å². The number of hydrogen-bond donors (Lipinski definition) is 1. The van der Waals surface area contributed by atoms with Gasteiger partial charge in [-0.2, -0.15) is 13.2 Å². The maximum atomic E-state index is 14.2. The van der Waals surface area contributed by atoms with Crippen molar-refractivity contribution in [1.29, 1.82) is 0 Å². The zero-order valence-electron chi connectivity index (χ0n) is 18.4. The fourth-order valence-corrected chi connectivity index (χ4v) is 5.34. The lowest BCUT2D eigenvalue weighted by atomic mass is 9.56. The average Bonchev–Trinajstić information content (AvgIpc) is 2.63. The van der Waals surface area contributed by atoms with Gasteiger partial charge in [-0.05, 0) is 49.9 Å². The van der Waals surface area contributed by atoms with Gasteiger partial charge in [0.05, 0.1) is 11.1 Å². The predicted octanol–water partition coefficient (Wildman–Crippen LogP) is 3.45. The lowest BCUT2D eigenvalue weighted by molar-refractivity contribution is -0.137. The molecule has 3 fully saturated rings. The molecule has 3 aliphatic rings. The summed E-state index contributed by atoms with van der Waals surface area (Å²) < 4.78 is 52.3. The van der Waals surface area contributed by atoms with E-state index < -0.39 is 17.6 Å². The molecule has 182 valence electrons. The van der Waals surface area contributed by atoms with E-state index in [1.54, 1.807) is 0 Å². The van der Waals surface area contributed by atoms with Crippen molar-refractivity contribution in [2.45, 2.75) is 50.2 Å². The minimum absolute atomic E-state index is 0. The zero-order valence-corrected chi connectivity index (χ0v) is 18.4. The molecular formula is C22H33F4N3O3. The third-order valence-corrected chi connectivity index (χ3v) is 6.97. The van der Waals surface area contributed by atoms with Crippen LogP contribution in [0.4, 0.5) is 22.4 Å². The molecule has 4 rings (SSSR count). The summed E-state index contributed by atoms with van der Waals surface area (Å²) in [7, 11) is 1.94. The summed E-state index contributed by atoms with van der Waals surface area (Å²) in [5.41, 5.74) is -0.559. The molecule has 0 unspecified atom stereocenters. The molecule has 6 nitrogen and oxygen atoms in total. The standard InChI is InChI=1S/C21H27F4N3O.CH2O.H2O.H2/c1-3-6-20(26-2)12-28(13-20)18(29)27-10-19(11-27)8-14(9-19)16-5-4-15(7-17(16)22)21(23,24)25;1-2;;/h4-5,7,14,26H,3,6,8-13H2,1-2H3;1H2;1H2;1H. The molecule has 1 aromatic carbocycles. The van der Waals surface area contributed by atoms with Crippen LogP contribution in [0.15, 0.2) is 18.2 Å². The maximum Gasteiger partial charge on any atom is 0.416 e. The lowest BCUT2D eigenvalue weighted by Crippen LogP contribution is -2.74. The average molecular weight is 464 g/mol. The summed E-state index contributed by atoms with van der Waals surface area (Å²) >= 11 is 0. The number of hydrogen-bond acceptors (Lipinski definition) is 3. The molecule has 0 radical (unpaired) electrons. The van der Waals surface area contributed by atoms with E-state index in [2.05, 4.69) is 12.2 Å². The molecular weight excluding hydrogens is 430 g/mol. The first kappa shape index (κ1) is 26.1. The number of amides is 2.